The SMILES string of the molecule is CCc1nc2scc(-c3ccc(C)cc3C)c2c(=O)n1CCOC. The first-order chi connectivity index (χ1) is 11.6. The molecule has 3 rings (SSSR count). The Hall–Kier alpha value is -1.98. The molecule has 0 saturated carbocycles. The Labute approximate surface area is 145 Å². The number of benzene rings is 1. The third-order valence-corrected chi connectivity index (χ3v) is 5.15. The highest BCUT2D eigenvalue weighted by atomic mass is 32.1. The van der Waals surface area contributed by atoms with Gasteiger partial charge in [-0.15, -0.1) is 11.3 Å². The van der Waals surface area contributed by atoms with Crippen LogP contribution in [0.1, 0.15) is 23.9 Å². The molecule has 3 aromatic rings. The van der Waals surface area contributed by atoms with Gasteiger partial charge in [-0.1, -0.05) is 30.7 Å². The molecule has 0 amide bonds. The van der Waals surface area contributed by atoms with Crippen molar-refractivity contribution in [1.29, 1.82) is 0 Å². The average molecular weight is 342 g/mol. The van der Waals surface area contributed by atoms with Crippen LogP contribution in [0.25, 0.3) is 21.3 Å². The topological polar surface area (TPSA) is 44.1 Å². The van der Waals surface area contributed by atoms with Crippen molar-refractivity contribution in [3.8, 4) is 11.1 Å². The van der Waals surface area contributed by atoms with Gasteiger partial charge in [0.25, 0.3) is 5.56 Å². The summed E-state index contributed by atoms with van der Waals surface area (Å²) in [4.78, 5) is 18.7. The highest BCUT2D eigenvalue weighted by molar-refractivity contribution is 7.17. The van der Waals surface area contributed by atoms with Crippen molar-refractivity contribution in [3.63, 3.8) is 0 Å². The van der Waals surface area contributed by atoms with Gasteiger partial charge < -0.3 is 4.74 Å². The fraction of sp³-hybridized carbons (Fsp3) is 0.368. The highest BCUT2D eigenvalue weighted by Crippen LogP contribution is 2.33. The zero-order chi connectivity index (χ0) is 17.3. The Kier molecular flexibility index (Phi) is 4.83. The summed E-state index contributed by atoms with van der Waals surface area (Å²) in [5, 5.41) is 2.77. The molecule has 0 N–H and O–H groups in total. The monoisotopic (exact) mass is 342 g/mol. The molecule has 0 bridgehead atoms. The van der Waals surface area contributed by atoms with Gasteiger partial charge in [0.1, 0.15) is 10.7 Å². The highest BCUT2D eigenvalue weighted by Gasteiger charge is 2.17. The van der Waals surface area contributed by atoms with E-state index in [1.54, 1.807) is 23.0 Å². The van der Waals surface area contributed by atoms with Gasteiger partial charge in [-0.05, 0) is 25.0 Å². The molecule has 0 aliphatic carbocycles. The van der Waals surface area contributed by atoms with Crippen LogP contribution in [-0.2, 0) is 17.7 Å². The van der Waals surface area contributed by atoms with Crippen molar-refractivity contribution < 1.29 is 4.74 Å². The van der Waals surface area contributed by atoms with E-state index in [-0.39, 0.29) is 5.56 Å². The summed E-state index contributed by atoms with van der Waals surface area (Å²) in [6, 6.07) is 6.33. The average Bonchev–Trinajstić information content (AvgIpc) is 2.97. The number of aromatic nitrogens is 2. The van der Waals surface area contributed by atoms with Crippen LogP contribution in [-0.4, -0.2) is 23.3 Å². The molecule has 0 fully saturated rings. The summed E-state index contributed by atoms with van der Waals surface area (Å²) in [5.41, 5.74) is 4.52. The molecule has 0 unspecified atom stereocenters. The molecular formula is C19H22N2O2S. The molecule has 0 spiro atoms. The molecule has 1 aromatic carbocycles. The Balaban J connectivity index is 2.26. The lowest BCUT2D eigenvalue weighted by atomic mass is 9.99. The van der Waals surface area contributed by atoms with Crippen molar-refractivity contribution in [2.45, 2.75) is 33.7 Å². The molecule has 0 saturated heterocycles. The molecule has 0 aliphatic heterocycles. The number of hydrogen-bond donors (Lipinski definition) is 0. The van der Waals surface area contributed by atoms with Crippen LogP contribution in [0.4, 0.5) is 0 Å². The lowest BCUT2D eigenvalue weighted by Gasteiger charge is -2.12. The Morgan fingerprint density at radius 2 is 2.04 bits per heavy atom. The van der Waals surface area contributed by atoms with Gasteiger partial charge in [0, 0.05) is 24.5 Å². The number of ether oxygens (including phenoxy) is 1. The van der Waals surface area contributed by atoms with E-state index in [9.17, 15) is 4.79 Å². The first-order valence-electron chi connectivity index (χ1n) is 8.14. The van der Waals surface area contributed by atoms with Crippen molar-refractivity contribution >= 4 is 21.6 Å². The van der Waals surface area contributed by atoms with Crippen LogP contribution in [0.3, 0.4) is 0 Å². The summed E-state index contributed by atoms with van der Waals surface area (Å²) in [6.45, 7) is 7.22. The summed E-state index contributed by atoms with van der Waals surface area (Å²) < 4.78 is 6.91. The van der Waals surface area contributed by atoms with Crippen molar-refractivity contribution in [3.05, 3.63) is 50.9 Å². The van der Waals surface area contributed by atoms with Crippen LogP contribution in [0.5, 0.6) is 0 Å². The molecule has 0 radical (unpaired) electrons. The zero-order valence-electron chi connectivity index (χ0n) is 14.5. The first-order valence-corrected chi connectivity index (χ1v) is 9.02. The van der Waals surface area contributed by atoms with Crippen LogP contribution in [0.2, 0.25) is 0 Å². The minimum atomic E-state index is 0.0325. The van der Waals surface area contributed by atoms with Crippen LogP contribution >= 0.6 is 11.3 Å². The molecule has 126 valence electrons. The number of fused-ring (bicyclic) bond motifs is 1. The van der Waals surface area contributed by atoms with Gasteiger partial charge in [-0.25, -0.2) is 4.98 Å². The molecule has 4 nitrogen and oxygen atoms in total. The quantitative estimate of drug-likeness (QED) is 0.705. The van der Waals surface area contributed by atoms with Gasteiger partial charge in [0.2, 0.25) is 0 Å². The minimum Gasteiger partial charge on any atom is -0.383 e. The van der Waals surface area contributed by atoms with Crippen molar-refractivity contribution in [2.24, 2.45) is 0 Å². The predicted octanol–water partition coefficient (Wildman–Crippen LogP) is 3.95. The molecule has 5 heteroatoms. The third-order valence-electron chi connectivity index (χ3n) is 4.28. The number of nitrogens with zero attached hydrogens (tertiary/aromatic N) is 2. The molecule has 24 heavy (non-hydrogen) atoms. The van der Waals surface area contributed by atoms with E-state index in [4.69, 9.17) is 9.72 Å². The summed E-state index contributed by atoms with van der Waals surface area (Å²) in [6.07, 6.45) is 0.728. The molecule has 2 aromatic heterocycles. The fourth-order valence-corrected chi connectivity index (χ4v) is 4.01. The van der Waals surface area contributed by atoms with Gasteiger partial charge in [-0.3, -0.25) is 9.36 Å². The number of thiophene rings is 1. The van der Waals surface area contributed by atoms with Crippen LogP contribution in [0, 0.1) is 13.8 Å². The zero-order valence-corrected chi connectivity index (χ0v) is 15.4. The van der Waals surface area contributed by atoms with Gasteiger partial charge in [-0.2, -0.15) is 0 Å². The smallest absolute Gasteiger partial charge is 0.262 e. The van der Waals surface area contributed by atoms with Gasteiger partial charge in [0.15, 0.2) is 0 Å². The number of aryl methyl sites for hydroxylation is 3. The van der Waals surface area contributed by atoms with E-state index in [0.717, 1.165) is 33.6 Å². The second-order valence-corrected chi connectivity index (χ2v) is 6.84. The van der Waals surface area contributed by atoms with E-state index >= 15 is 0 Å². The van der Waals surface area contributed by atoms with Crippen LogP contribution in [0.15, 0.2) is 28.4 Å². The van der Waals surface area contributed by atoms with Crippen molar-refractivity contribution in [2.75, 3.05) is 13.7 Å². The molecule has 0 aliphatic rings. The second-order valence-electron chi connectivity index (χ2n) is 5.98. The van der Waals surface area contributed by atoms with E-state index in [1.807, 2.05) is 6.92 Å². The predicted molar refractivity (Wildman–Crippen MR) is 100 cm³/mol. The van der Waals surface area contributed by atoms with Crippen molar-refractivity contribution in [1.82, 2.24) is 9.55 Å². The van der Waals surface area contributed by atoms with Gasteiger partial charge >= 0.3 is 0 Å². The maximum atomic E-state index is 13.1. The standard InChI is InChI=1S/C19H22N2O2S/c1-5-16-20-18-17(19(22)21(16)8-9-23-4)15(11-24-18)14-7-6-12(2)10-13(14)3/h6-7,10-11H,5,8-9H2,1-4H3. The third kappa shape index (κ3) is 2.89. The molecule has 0 atom stereocenters. The lowest BCUT2D eigenvalue weighted by Crippen LogP contribution is -2.26. The number of methoxy groups -OCH3 is 1. The first kappa shape index (κ1) is 16.9. The molecular weight excluding hydrogens is 320 g/mol. The van der Waals surface area contributed by atoms with Gasteiger partial charge in [0.05, 0.1) is 18.5 Å². The molecule has 2 heterocycles. The Morgan fingerprint density at radius 3 is 2.71 bits per heavy atom. The number of rotatable bonds is 5. The number of hydrogen-bond acceptors (Lipinski definition) is 4. The van der Waals surface area contributed by atoms with E-state index in [0.29, 0.717) is 13.2 Å². The normalized spacial score (nSPS) is 11.3. The summed E-state index contributed by atoms with van der Waals surface area (Å²) >= 11 is 1.54. The maximum absolute atomic E-state index is 13.1. The second kappa shape index (κ2) is 6.87. The Morgan fingerprint density at radius 1 is 1.25 bits per heavy atom. The van der Waals surface area contributed by atoms with E-state index in [2.05, 4.69) is 37.4 Å². The largest absolute Gasteiger partial charge is 0.383 e. The lowest BCUT2D eigenvalue weighted by molar-refractivity contribution is 0.185. The minimum absolute atomic E-state index is 0.0325. The maximum Gasteiger partial charge on any atom is 0.262 e. The van der Waals surface area contributed by atoms with E-state index in [1.165, 1.54) is 11.1 Å². The summed E-state index contributed by atoms with van der Waals surface area (Å²) in [7, 11) is 1.65. The van der Waals surface area contributed by atoms with Crippen LogP contribution < -0.4 is 5.56 Å². The fourth-order valence-electron chi connectivity index (χ4n) is 3.06. The summed E-state index contributed by atoms with van der Waals surface area (Å²) in [5.74, 6) is 0.818. The Bertz CT molecular complexity index is 940. The van der Waals surface area contributed by atoms with E-state index < -0.39 is 0 Å².